The maximum atomic E-state index is 11.3. The Morgan fingerprint density at radius 1 is 1.64 bits per heavy atom. The van der Waals surface area contributed by atoms with E-state index in [1.54, 1.807) is 12.3 Å². The van der Waals surface area contributed by atoms with Crippen molar-refractivity contribution in [2.45, 2.75) is 6.92 Å². The molecule has 0 aliphatic rings. The summed E-state index contributed by atoms with van der Waals surface area (Å²) in [5, 5.41) is 8.71. The van der Waals surface area contributed by atoms with Crippen LogP contribution in [0.2, 0.25) is 0 Å². The molecular formula is C10H7N3O. The van der Waals surface area contributed by atoms with E-state index < -0.39 is 0 Å². The van der Waals surface area contributed by atoms with Crippen LogP contribution in [0, 0.1) is 11.3 Å². The second-order valence-electron chi connectivity index (χ2n) is 2.96. The Morgan fingerprint density at radius 2 is 2.43 bits per heavy atom. The van der Waals surface area contributed by atoms with Gasteiger partial charge in [0, 0.05) is 11.8 Å². The van der Waals surface area contributed by atoms with Crippen LogP contribution in [0.5, 0.6) is 0 Å². The highest BCUT2D eigenvalue weighted by Crippen LogP contribution is 2.16. The minimum absolute atomic E-state index is 0.0728. The first-order valence-electron chi connectivity index (χ1n) is 4.11. The maximum Gasteiger partial charge on any atom is 0.162 e. The minimum Gasteiger partial charge on any atom is -0.359 e. The Bertz CT molecular complexity index is 548. The van der Waals surface area contributed by atoms with E-state index in [1.807, 2.05) is 6.07 Å². The van der Waals surface area contributed by atoms with Crippen molar-refractivity contribution in [1.29, 1.82) is 5.26 Å². The molecule has 2 aromatic rings. The third kappa shape index (κ3) is 1.15. The number of nitrogens with one attached hydrogen (secondary N) is 1. The number of fused-ring (bicyclic) bond motifs is 1. The first-order chi connectivity index (χ1) is 6.72. The molecular weight excluding hydrogens is 178 g/mol. The maximum absolute atomic E-state index is 11.3. The summed E-state index contributed by atoms with van der Waals surface area (Å²) in [4.78, 5) is 18.2. The van der Waals surface area contributed by atoms with Crippen molar-refractivity contribution >= 4 is 16.8 Å². The number of rotatable bonds is 1. The highest BCUT2D eigenvalue weighted by atomic mass is 16.1. The molecule has 0 aliphatic heterocycles. The standard InChI is InChI=1S/C10H7N3O/c1-6(14)8-4-7(5-11)13-9-2-3-12-10(8)9/h2-4,12H,1H3. The van der Waals surface area contributed by atoms with Gasteiger partial charge in [-0.3, -0.25) is 4.79 Å². The summed E-state index contributed by atoms with van der Waals surface area (Å²) in [6, 6.07) is 5.17. The predicted octanol–water partition coefficient (Wildman–Crippen LogP) is 1.64. The van der Waals surface area contributed by atoms with Crippen LogP contribution in [-0.2, 0) is 0 Å². The molecule has 68 valence electrons. The number of hydrogen-bond donors (Lipinski definition) is 1. The van der Waals surface area contributed by atoms with Crippen molar-refractivity contribution in [3.05, 3.63) is 29.6 Å². The van der Waals surface area contributed by atoms with Gasteiger partial charge in [0.05, 0.1) is 11.0 Å². The van der Waals surface area contributed by atoms with Crippen LogP contribution in [0.4, 0.5) is 0 Å². The van der Waals surface area contributed by atoms with E-state index in [0.29, 0.717) is 16.6 Å². The summed E-state index contributed by atoms with van der Waals surface area (Å²) in [7, 11) is 0. The largest absolute Gasteiger partial charge is 0.359 e. The molecule has 0 bridgehead atoms. The minimum atomic E-state index is -0.0728. The highest BCUT2D eigenvalue weighted by Gasteiger charge is 2.09. The second-order valence-corrected chi connectivity index (χ2v) is 2.96. The number of H-pyrrole nitrogens is 1. The molecule has 2 heterocycles. The zero-order chi connectivity index (χ0) is 10.1. The van der Waals surface area contributed by atoms with Crippen LogP contribution in [-0.4, -0.2) is 15.8 Å². The summed E-state index contributed by atoms with van der Waals surface area (Å²) in [5.74, 6) is -0.0728. The number of pyridine rings is 1. The summed E-state index contributed by atoms with van der Waals surface area (Å²) in [6.07, 6.45) is 1.70. The third-order valence-corrected chi connectivity index (χ3v) is 2.01. The molecule has 0 saturated carbocycles. The Balaban J connectivity index is 2.85. The molecule has 0 amide bonds. The van der Waals surface area contributed by atoms with Gasteiger partial charge in [-0.25, -0.2) is 4.98 Å². The quantitative estimate of drug-likeness (QED) is 0.686. The molecule has 0 radical (unpaired) electrons. The van der Waals surface area contributed by atoms with Crippen molar-refractivity contribution in [3.63, 3.8) is 0 Å². The molecule has 2 aromatic heterocycles. The first kappa shape index (κ1) is 8.45. The molecule has 1 N–H and O–H groups in total. The van der Waals surface area contributed by atoms with E-state index in [0.717, 1.165) is 0 Å². The molecule has 0 saturated heterocycles. The van der Waals surface area contributed by atoms with Gasteiger partial charge in [-0.2, -0.15) is 5.26 Å². The smallest absolute Gasteiger partial charge is 0.162 e. The van der Waals surface area contributed by atoms with E-state index in [-0.39, 0.29) is 11.5 Å². The number of ketones is 1. The second kappa shape index (κ2) is 2.96. The summed E-state index contributed by atoms with van der Waals surface area (Å²) >= 11 is 0. The fourth-order valence-electron chi connectivity index (χ4n) is 1.38. The lowest BCUT2D eigenvalue weighted by atomic mass is 10.1. The molecule has 0 fully saturated rings. The van der Waals surface area contributed by atoms with Gasteiger partial charge in [0.25, 0.3) is 0 Å². The number of hydrogen-bond acceptors (Lipinski definition) is 3. The molecule has 0 unspecified atom stereocenters. The molecule has 4 nitrogen and oxygen atoms in total. The molecule has 14 heavy (non-hydrogen) atoms. The number of aromatic amines is 1. The Hall–Kier alpha value is -2.15. The van der Waals surface area contributed by atoms with Crippen LogP contribution >= 0.6 is 0 Å². The van der Waals surface area contributed by atoms with Crippen molar-refractivity contribution in [1.82, 2.24) is 9.97 Å². The number of nitriles is 1. The molecule has 0 spiro atoms. The van der Waals surface area contributed by atoms with Crippen molar-refractivity contribution in [2.75, 3.05) is 0 Å². The number of aromatic nitrogens is 2. The van der Waals surface area contributed by atoms with E-state index in [1.165, 1.54) is 13.0 Å². The zero-order valence-corrected chi connectivity index (χ0v) is 7.53. The van der Waals surface area contributed by atoms with Gasteiger partial charge in [-0.15, -0.1) is 0 Å². The van der Waals surface area contributed by atoms with Crippen LogP contribution in [0.15, 0.2) is 18.3 Å². The topological polar surface area (TPSA) is 69.5 Å². The zero-order valence-electron chi connectivity index (χ0n) is 7.53. The van der Waals surface area contributed by atoms with Gasteiger partial charge in [0.15, 0.2) is 5.78 Å². The van der Waals surface area contributed by atoms with E-state index >= 15 is 0 Å². The van der Waals surface area contributed by atoms with Crippen LogP contribution in [0.25, 0.3) is 11.0 Å². The molecule has 0 aliphatic carbocycles. The summed E-state index contributed by atoms with van der Waals surface area (Å²) in [5.41, 5.74) is 2.12. The van der Waals surface area contributed by atoms with E-state index in [2.05, 4.69) is 9.97 Å². The summed E-state index contributed by atoms with van der Waals surface area (Å²) < 4.78 is 0. The molecule has 0 aromatic carbocycles. The van der Waals surface area contributed by atoms with Gasteiger partial charge in [-0.05, 0) is 19.1 Å². The fraction of sp³-hybridized carbons (Fsp3) is 0.100. The lowest BCUT2D eigenvalue weighted by molar-refractivity contribution is 0.101. The van der Waals surface area contributed by atoms with Crippen LogP contribution in [0.1, 0.15) is 23.0 Å². The first-order valence-corrected chi connectivity index (χ1v) is 4.11. The van der Waals surface area contributed by atoms with Gasteiger partial charge in [0.2, 0.25) is 0 Å². The van der Waals surface area contributed by atoms with Crippen molar-refractivity contribution in [3.8, 4) is 6.07 Å². The average Bonchev–Trinajstić information content (AvgIpc) is 2.63. The fourth-order valence-corrected chi connectivity index (χ4v) is 1.38. The Kier molecular flexibility index (Phi) is 1.79. The van der Waals surface area contributed by atoms with Crippen LogP contribution in [0.3, 0.4) is 0 Å². The third-order valence-electron chi connectivity index (χ3n) is 2.01. The Labute approximate surface area is 80.2 Å². The number of carbonyl (C=O) groups excluding carboxylic acids is 1. The summed E-state index contributed by atoms with van der Waals surface area (Å²) in [6.45, 7) is 1.47. The predicted molar refractivity (Wildman–Crippen MR) is 50.8 cm³/mol. The number of Topliss-reactive ketones (excluding diaryl/α,β-unsaturated/α-hetero) is 1. The number of carbonyl (C=O) groups is 1. The van der Waals surface area contributed by atoms with E-state index in [9.17, 15) is 4.79 Å². The van der Waals surface area contributed by atoms with Gasteiger partial charge in [-0.1, -0.05) is 0 Å². The van der Waals surface area contributed by atoms with Crippen molar-refractivity contribution < 1.29 is 4.79 Å². The van der Waals surface area contributed by atoms with Gasteiger partial charge in [0.1, 0.15) is 11.8 Å². The van der Waals surface area contributed by atoms with Gasteiger partial charge < -0.3 is 4.98 Å². The monoisotopic (exact) mass is 185 g/mol. The van der Waals surface area contributed by atoms with Gasteiger partial charge >= 0.3 is 0 Å². The molecule has 4 heteroatoms. The van der Waals surface area contributed by atoms with Crippen LogP contribution < -0.4 is 0 Å². The van der Waals surface area contributed by atoms with E-state index in [4.69, 9.17) is 5.26 Å². The highest BCUT2D eigenvalue weighted by molar-refractivity contribution is 6.05. The lowest BCUT2D eigenvalue weighted by Gasteiger charge is -1.98. The lowest BCUT2D eigenvalue weighted by Crippen LogP contribution is -1.96. The normalized spacial score (nSPS) is 10.0. The Morgan fingerprint density at radius 3 is 3.07 bits per heavy atom. The molecule has 0 atom stereocenters. The average molecular weight is 185 g/mol. The molecule has 2 rings (SSSR count). The van der Waals surface area contributed by atoms with Crippen molar-refractivity contribution in [2.24, 2.45) is 0 Å². The number of nitrogens with zero attached hydrogens (tertiary/aromatic N) is 2. The SMILES string of the molecule is CC(=O)c1cc(C#N)nc2cc[nH]c12.